The van der Waals surface area contributed by atoms with E-state index in [4.69, 9.17) is 21.1 Å². The molecule has 0 fully saturated rings. The lowest BCUT2D eigenvalue weighted by Crippen LogP contribution is -2.38. The Balaban J connectivity index is 1.60. The summed E-state index contributed by atoms with van der Waals surface area (Å²) in [4.78, 5) is 11.7. The highest BCUT2D eigenvalue weighted by atomic mass is 35.5. The minimum absolute atomic E-state index is 0.218. The predicted octanol–water partition coefficient (Wildman–Crippen LogP) is 3.27. The van der Waals surface area contributed by atoms with Crippen molar-refractivity contribution in [1.29, 1.82) is 0 Å². The second-order valence-corrected chi connectivity index (χ2v) is 5.48. The van der Waals surface area contributed by atoms with Gasteiger partial charge in [-0.1, -0.05) is 29.8 Å². The van der Waals surface area contributed by atoms with Crippen molar-refractivity contribution in [1.82, 2.24) is 10.6 Å². The summed E-state index contributed by atoms with van der Waals surface area (Å²) in [6, 6.07) is 14.6. The first kappa shape index (κ1) is 17.9. The van der Waals surface area contributed by atoms with Crippen LogP contribution in [-0.4, -0.2) is 32.8 Å². The Hall–Kier alpha value is -2.40. The molecule has 0 saturated carbocycles. The number of amides is 2. The zero-order valence-corrected chi connectivity index (χ0v) is 14.3. The Kier molecular flexibility index (Phi) is 7.23. The average Bonchev–Trinajstić information content (AvgIpc) is 2.60. The van der Waals surface area contributed by atoms with Gasteiger partial charge in [-0.15, -0.1) is 0 Å². The maximum atomic E-state index is 11.7. The molecule has 0 heterocycles. The number of hydrogen-bond acceptors (Lipinski definition) is 3. The van der Waals surface area contributed by atoms with Crippen molar-refractivity contribution >= 4 is 17.6 Å². The number of benzene rings is 2. The minimum atomic E-state index is -0.218. The van der Waals surface area contributed by atoms with E-state index < -0.39 is 0 Å². The van der Waals surface area contributed by atoms with Crippen LogP contribution in [0.1, 0.15) is 5.56 Å². The molecular formula is C18H21ClN2O3. The number of nitrogens with one attached hydrogen (secondary N) is 2. The number of para-hydroxylation sites is 1. The summed E-state index contributed by atoms with van der Waals surface area (Å²) < 4.78 is 10.8. The van der Waals surface area contributed by atoms with Crippen molar-refractivity contribution in [2.45, 2.75) is 6.42 Å². The molecule has 2 aromatic carbocycles. The van der Waals surface area contributed by atoms with Crippen LogP contribution in [0.4, 0.5) is 4.79 Å². The van der Waals surface area contributed by atoms with Crippen LogP contribution in [0.15, 0.2) is 48.5 Å². The zero-order chi connectivity index (χ0) is 17.2. The van der Waals surface area contributed by atoms with E-state index in [1.54, 1.807) is 31.4 Å². The summed E-state index contributed by atoms with van der Waals surface area (Å²) in [5.74, 6) is 1.55. The molecule has 128 valence electrons. The van der Waals surface area contributed by atoms with Gasteiger partial charge in [0.1, 0.15) is 18.1 Å². The van der Waals surface area contributed by atoms with Crippen molar-refractivity contribution < 1.29 is 14.3 Å². The van der Waals surface area contributed by atoms with Crippen molar-refractivity contribution in [3.05, 3.63) is 59.1 Å². The van der Waals surface area contributed by atoms with E-state index in [1.165, 1.54) is 0 Å². The SMILES string of the molecule is COc1ccccc1CCNC(=O)NCCOc1ccc(Cl)cc1. The summed E-state index contributed by atoms with van der Waals surface area (Å²) in [6.45, 7) is 1.34. The van der Waals surface area contributed by atoms with Crippen molar-refractivity contribution in [3.8, 4) is 11.5 Å². The van der Waals surface area contributed by atoms with Crippen LogP contribution >= 0.6 is 11.6 Å². The number of carbonyl (C=O) groups excluding carboxylic acids is 1. The van der Waals surface area contributed by atoms with E-state index in [0.717, 1.165) is 17.1 Å². The Bertz CT molecular complexity index is 647. The predicted molar refractivity (Wildman–Crippen MR) is 95.0 cm³/mol. The maximum absolute atomic E-state index is 11.7. The molecule has 2 rings (SSSR count). The maximum Gasteiger partial charge on any atom is 0.314 e. The Morgan fingerprint density at radius 1 is 1.04 bits per heavy atom. The smallest absolute Gasteiger partial charge is 0.314 e. The third-order valence-corrected chi connectivity index (χ3v) is 3.59. The van der Waals surface area contributed by atoms with Gasteiger partial charge in [0, 0.05) is 11.6 Å². The highest BCUT2D eigenvalue weighted by Gasteiger charge is 2.03. The van der Waals surface area contributed by atoms with Crippen LogP contribution < -0.4 is 20.1 Å². The molecule has 2 aromatic rings. The molecule has 0 aliphatic carbocycles. The molecule has 0 radical (unpaired) electrons. The van der Waals surface area contributed by atoms with E-state index in [0.29, 0.717) is 31.1 Å². The van der Waals surface area contributed by atoms with Crippen molar-refractivity contribution in [2.75, 3.05) is 26.8 Å². The van der Waals surface area contributed by atoms with Crippen LogP contribution in [0.2, 0.25) is 5.02 Å². The monoisotopic (exact) mass is 348 g/mol. The number of hydrogen-bond donors (Lipinski definition) is 2. The zero-order valence-electron chi connectivity index (χ0n) is 13.5. The summed E-state index contributed by atoms with van der Waals surface area (Å²) in [5.41, 5.74) is 1.06. The Morgan fingerprint density at radius 2 is 1.75 bits per heavy atom. The number of urea groups is 1. The Morgan fingerprint density at radius 3 is 2.50 bits per heavy atom. The number of ether oxygens (including phenoxy) is 2. The second-order valence-electron chi connectivity index (χ2n) is 5.05. The van der Waals surface area contributed by atoms with E-state index >= 15 is 0 Å². The molecule has 0 atom stereocenters. The topological polar surface area (TPSA) is 59.6 Å². The van der Waals surface area contributed by atoms with Gasteiger partial charge >= 0.3 is 6.03 Å². The molecule has 0 aliphatic heterocycles. The van der Waals surface area contributed by atoms with Gasteiger partial charge in [-0.05, 0) is 42.3 Å². The molecule has 0 aromatic heterocycles. The average molecular weight is 349 g/mol. The largest absolute Gasteiger partial charge is 0.496 e. The lowest BCUT2D eigenvalue weighted by molar-refractivity contribution is 0.236. The number of rotatable bonds is 8. The number of carbonyl (C=O) groups is 1. The van der Waals surface area contributed by atoms with Gasteiger partial charge in [0.25, 0.3) is 0 Å². The first-order chi connectivity index (χ1) is 11.7. The summed E-state index contributed by atoms with van der Waals surface area (Å²) >= 11 is 5.80. The highest BCUT2D eigenvalue weighted by molar-refractivity contribution is 6.30. The molecule has 5 nitrogen and oxygen atoms in total. The fourth-order valence-electron chi connectivity index (χ4n) is 2.15. The second kappa shape index (κ2) is 9.67. The third-order valence-electron chi connectivity index (χ3n) is 3.34. The fraction of sp³-hybridized carbons (Fsp3) is 0.278. The molecule has 0 aliphatic rings. The van der Waals surface area contributed by atoms with Gasteiger partial charge in [0.15, 0.2) is 0 Å². The minimum Gasteiger partial charge on any atom is -0.496 e. The van der Waals surface area contributed by atoms with Crippen LogP contribution in [0, 0.1) is 0 Å². The highest BCUT2D eigenvalue weighted by Crippen LogP contribution is 2.17. The lowest BCUT2D eigenvalue weighted by atomic mass is 10.1. The Labute approximate surface area is 146 Å². The summed E-state index contributed by atoms with van der Waals surface area (Å²) in [6.07, 6.45) is 0.707. The van der Waals surface area contributed by atoms with Crippen LogP contribution in [0.3, 0.4) is 0 Å². The van der Waals surface area contributed by atoms with Gasteiger partial charge in [0.2, 0.25) is 0 Å². The van der Waals surface area contributed by atoms with Gasteiger partial charge in [-0.25, -0.2) is 4.79 Å². The molecule has 6 heteroatoms. The third kappa shape index (κ3) is 6.01. The summed E-state index contributed by atoms with van der Waals surface area (Å²) in [5, 5.41) is 6.22. The van der Waals surface area contributed by atoms with E-state index in [1.807, 2.05) is 24.3 Å². The van der Waals surface area contributed by atoms with Crippen molar-refractivity contribution in [3.63, 3.8) is 0 Å². The number of halogens is 1. The fourth-order valence-corrected chi connectivity index (χ4v) is 2.27. The summed E-state index contributed by atoms with van der Waals surface area (Å²) in [7, 11) is 1.64. The van der Waals surface area contributed by atoms with Crippen LogP contribution in [0.25, 0.3) is 0 Å². The van der Waals surface area contributed by atoms with Gasteiger partial charge in [0.05, 0.1) is 13.7 Å². The van der Waals surface area contributed by atoms with Crippen molar-refractivity contribution in [2.24, 2.45) is 0 Å². The molecule has 0 spiro atoms. The standard InChI is InChI=1S/C18H21ClN2O3/c1-23-17-5-3-2-4-14(17)10-11-20-18(22)21-12-13-24-16-8-6-15(19)7-9-16/h2-9H,10-13H2,1H3,(H2,20,21,22). The molecule has 24 heavy (non-hydrogen) atoms. The van der Waals surface area contributed by atoms with Crippen LogP contribution in [-0.2, 0) is 6.42 Å². The lowest BCUT2D eigenvalue weighted by Gasteiger charge is -2.10. The molecule has 0 bridgehead atoms. The van der Waals surface area contributed by atoms with Gasteiger partial charge in [-0.2, -0.15) is 0 Å². The molecule has 2 N–H and O–H groups in total. The quantitative estimate of drug-likeness (QED) is 0.720. The van der Waals surface area contributed by atoms with Gasteiger partial charge < -0.3 is 20.1 Å². The number of methoxy groups -OCH3 is 1. The normalized spacial score (nSPS) is 10.1. The molecular weight excluding hydrogens is 328 g/mol. The van der Waals surface area contributed by atoms with Gasteiger partial charge in [-0.3, -0.25) is 0 Å². The molecule has 0 saturated heterocycles. The van der Waals surface area contributed by atoms with Crippen LogP contribution in [0.5, 0.6) is 11.5 Å². The van der Waals surface area contributed by atoms with E-state index in [9.17, 15) is 4.79 Å². The molecule has 0 unspecified atom stereocenters. The first-order valence-electron chi connectivity index (χ1n) is 7.71. The van der Waals surface area contributed by atoms with E-state index in [2.05, 4.69) is 10.6 Å². The first-order valence-corrected chi connectivity index (χ1v) is 8.09. The molecule has 2 amide bonds. The van der Waals surface area contributed by atoms with E-state index in [-0.39, 0.29) is 6.03 Å².